The molecule has 0 atom stereocenters. The second kappa shape index (κ2) is 4.17. The van der Waals surface area contributed by atoms with Crippen LogP contribution in [0.1, 0.15) is 0 Å². The van der Waals surface area contributed by atoms with E-state index in [2.05, 4.69) is 0 Å². The SMILES string of the molecule is O.O=S(=O)(O)O.[BeH2]. The van der Waals surface area contributed by atoms with Gasteiger partial charge in [0.15, 0.2) is 0 Å². The van der Waals surface area contributed by atoms with Crippen molar-refractivity contribution in [2.75, 3.05) is 0 Å². The van der Waals surface area contributed by atoms with E-state index < -0.39 is 10.4 Å². The summed E-state index contributed by atoms with van der Waals surface area (Å²) in [5.41, 5.74) is 0. The van der Waals surface area contributed by atoms with Gasteiger partial charge in [-0.1, -0.05) is 0 Å². The maximum atomic E-state index is 8.74. The van der Waals surface area contributed by atoms with Crippen molar-refractivity contribution in [2.45, 2.75) is 0 Å². The van der Waals surface area contributed by atoms with Crippen molar-refractivity contribution in [2.24, 2.45) is 0 Å². The van der Waals surface area contributed by atoms with E-state index in [9.17, 15) is 0 Å². The Balaban J connectivity index is -0.0000000800. The molecule has 7 heavy (non-hydrogen) atoms. The van der Waals surface area contributed by atoms with Gasteiger partial charge >= 0.3 is 20.5 Å². The Bertz CT molecular complexity index is 91.2. The molecule has 0 bridgehead atoms. The molecule has 44 valence electrons. The van der Waals surface area contributed by atoms with Gasteiger partial charge in [-0.3, -0.25) is 9.11 Å². The Morgan fingerprint density at radius 1 is 1.14 bits per heavy atom. The van der Waals surface area contributed by atoms with Crippen LogP contribution in [0, 0.1) is 0 Å². The first-order valence-corrected chi connectivity index (χ1v) is 2.10. The van der Waals surface area contributed by atoms with Crippen LogP contribution in [-0.2, 0) is 10.4 Å². The van der Waals surface area contributed by atoms with Gasteiger partial charge < -0.3 is 5.48 Å². The Morgan fingerprint density at radius 2 is 1.14 bits per heavy atom. The van der Waals surface area contributed by atoms with Crippen molar-refractivity contribution in [1.29, 1.82) is 0 Å². The van der Waals surface area contributed by atoms with E-state index in [1.165, 1.54) is 0 Å². The van der Waals surface area contributed by atoms with Gasteiger partial charge in [0.05, 0.1) is 0 Å². The summed E-state index contributed by atoms with van der Waals surface area (Å²) < 4.78 is 31.6. The Hall–Kier alpha value is -0.00117. The molecule has 0 saturated carbocycles. The van der Waals surface area contributed by atoms with Gasteiger partial charge in [0, 0.05) is 0 Å². The third-order valence-electron chi connectivity index (χ3n) is 0. The predicted octanol–water partition coefficient (Wildman–Crippen LogP) is -2.39. The van der Waals surface area contributed by atoms with Gasteiger partial charge in [-0.25, -0.2) is 0 Å². The zero-order valence-corrected chi connectivity index (χ0v) is 3.44. The van der Waals surface area contributed by atoms with Gasteiger partial charge in [0.1, 0.15) is 0 Å². The molecular weight excluding hydrogens is 121 g/mol. The van der Waals surface area contributed by atoms with Gasteiger partial charge in [-0.05, 0) is 0 Å². The molecule has 0 aliphatic rings. The standard InChI is InChI=1S/Be.H2O4S.H2O.2H/c;1-5(2,3)4;;;/h;(H2,1,2,3,4);1H2;;. The first-order chi connectivity index (χ1) is 2.00. The van der Waals surface area contributed by atoms with Crippen LogP contribution in [0.15, 0.2) is 0 Å². The summed E-state index contributed by atoms with van der Waals surface area (Å²) in [6, 6.07) is 0. The molecule has 4 N–H and O–H groups in total. The fourth-order valence-electron chi connectivity index (χ4n) is 0. The fraction of sp³-hybridized carbons (Fsp3) is 0. The number of hydrogen-bond acceptors (Lipinski definition) is 2. The molecule has 7 heteroatoms. The molecule has 0 rings (SSSR count). The third-order valence-corrected chi connectivity index (χ3v) is 0. The molecule has 0 aromatic heterocycles. The van der Waals surface area contributed by atoms with Gasteiger partial charge in [0.2, 0.25) is 0 Å². The van der Waals surface area contributed by atoms with Crippen molar-refractivity contribution >= 4 is 20.5 Å². The average molecular weight is 127 g/mol. The first-order valence-electron chi connectivity index (χ1n) is 0.698. The molecule has 0 amide bonds. The summed E-state index contributed by atoms with van der Waals surface area (Å²) in [4.78, 5) is 0. The van der Waals surface area contributed by atoms with Crippen molar-refractivity contribution in [3.8, 4) is 0 Å². The van der Waals surface area contributed by atoms with Crippen LogP contribution in [0.4, 0.5) is 0 Å². The predicted molar refractivity (Wildman–Crippen MR) is 26.3 cm³/mol. The Labute approximate surface area is 44.5 Å². The zero-order valence-electron chi connectivity index (χ0n) is 2.62. The topological polar surface area (TPSA) is 106 Å². The van der Waals surface area contributed by atoms with Crippen LogP contribution in [0.5, 0.6) is 0 Å². The monoisotopic (exact) mass is 127 g/mol. The van der Waals surface area contributed by atoms with E-state index in [-0.39, 0.29) is 15.6 Å². The second-order valence-electron chi connectivity index (χ2n) is 0.448. The summed E-state index contributed by atoms with van der Waals surface area (Å²) in [7, 11) is -4.67. The molecule has 0 fully saturated rings. The van der Waals surface area contributed by atoms with Crippen LogP contribution in [0.25, 0.3) is 0 Å². The van der Waals surface area contributed by atoms with Crippen LogP contribution in [0.2, 0.25) is 0 Å². The van der Waals surface area contributed by atoms with Crippen LogP contribution < -0.4 is 0 Å². The molecule has 0 unspecified atom stereocenters. The average Bonchev–Trinajstić information content (AvgIpc) is 0.722. The fourth-order valence-corrected chi connectivity index (χ4v) is 0. The van der Waals surface area contributed by atoms with Crippen LogP contribution >= 0.6 is 0 Å². The van der Waals surface area contributed by atoms with Crippen LogP contribution in [-0.4, -0.2) is 33.1 Å². The summed E-state index contributed by atoms with van der Waals surface area (Å²) in [5.74, 6) is 0. The molecule has 0 spiro atoms. The van der Waals surface area contributed by atoms with Crippen molar-refractivity contribution in [1.82, 2.24) is 0 Å². The minimum atomic E-state index is -4.67. The van der Waals surface area contributed by atoms with E-state index in [1.807, 2.05) is 0 Å². The molecule has 0 aliphatic heterocycles. The molecule has 0 aliphatic carbocycles. The normalized spacial score (nSPS) is 8.29. The zero-order chi connectivity index (χ0) is 4.50. The van der Waals surface area contributed by atoms with Crippen LogP contribution in [0.3, 0.4) is 0 Å². The van der Waals surface area contributed by atoms with Gasteiger partial charge in [0.25, 0.3) is 0 Å². The summed E-state index contributed by atoms with van der Waals surface area (Å²) >= 11 is 0. The molecule has 0 aromatic rings. The molecular formula is H6BeO5S. The maximum absolute atomic E-state index is 8.74. The van der Waals surface area contributed by atoms with E-state index in [0.717, 1.165) is 0 Å². The van der Waals surface area contributed by atoms with Crippen molar-refractivity contribution in [3.05, 3.63) is 0 Å². The van der Waals surface area contributed by atoms with Crippen molar-refractivity contribution in [3.63, 3.8) is 0 Å². The first kappa shape index (κ1) is 15.8. The van der Waals surface area contributed by atoms with E-state index in [0.29, 0.717) is 0 Å². The Kier molecular flexibility index (Phi) is 9.37. The second-order valence-corrected chi connectivity index (χ2v) is 1.34. The van der Waals surface area contributed by atoms with E-state index in [1.54, 1.807) is 0 Å². The molecule has 0 aromatic carbocycles. The number of rotatable bonds is 0. The number of hydrogen-bond donors (Lipinski definition) is 2. The van der Waals surface area contributed by atoms with Gasteiger partial charge in [-0.15, -0.1) is 0 Å². The molecule has 0 saturated heterocycles. The molecule has 0 heterocycles. The summed E-state index contributed by atoms with van der Waals surface area (Å²) in [6.45, 7) is 0. The summed E-state index contributed by atoms with van der Waals surface area (Å²) in [5, 5.41) is 0. The summed E-state index contributed by atoms with van der Waals surface area (Å²) in [6.07, 6.45) is 0. The minimum absolute atomic E-state index is 0. The van der Waals surface area contributed by atoms with Crippen molar-refractivity contribution < 1.29 is 23.0 Å². The van der Waals surface area contributed by atoms with E-state index in [4.69, 9.17) is 17.5 Å². The third kappa shape index (κ3) is 70200000. The molecule has 5 nitrogen and oxygen atoms in total. The molecule has 0 radical (unpaired) electrons. The van der Waals surface area contributed by atoms with E-state index >= 15 is 0 Å². The van der Waals surface area contributed by atoms with Gasteiger partial charge in [-0.2, -0.15) is 8.42 Å². The quantitative estimate of drug-likeness (QED) is 0.279. The Morgan fingerprint density at radius 3 is 1.14 bits per heavy atom.